The van der Waals surface area contributed by atoms with E-state index in [0.717, 1.165) is 12.0 Å². The van der Waals surface area contributed by atoms with Gasteiger partial charge in [0.05, 0.1) is 17.8 Å². The lowest BCUT2D eigenvalue weighted by atomic mass is 9.90. The van der Waals surface area contributed by atoms with Gasteiger partial charge in [-0.15, -0.1) is 5.10 Å². The molecular weight excluding hydrogens is 492 g/mol. The van der Waals surface area contributed by atoms with Crippen molar-refractivity contribution < 1.29 is 28.5 Å². The number of amidine groups is 1. The third kappa shape index (κ3) is 5.38. The molecule has 4 N–H and O–H groups in total. The van der Waals surface area contributed by atoms with E-state index in [1.54, 1.807) is 26.2 Å². The van der Waals surface area contributed by atoms with Crippen LogP contribution in [0.5, 0.6) is 0 Å². The normalized spacial score (nSPS) is 29.0. The van der Waals surface area contributed by atoms with Gasteiger partial charge in [0.2, 0.25) is 12.1 Å². The Balaban J connectivity index is 1.75. The van der Waals surface area contributed by atoms with Crippen molar-refractivity contribution in [1.29, 1.82) is 0 Å². The molecule has 0 aliphatic carbocycles. The van der Waals surface area contributed by atoms with Gasteiger partial charge in [0.1, 0.15) is 12.2 Å². The summed E-state index contributed by atoms with van der Waals surface area (Å²) in [6.45, 7) is 9.70. The van der Waals surface area contributed by atoms with Crippen LogP contribution in [0.15, 0.2) is 46.6 Å². The summed E-state index contributed by atoms with van der Waals surface area (Å²) in [5.41, 5.74) is 7.83. The Kier molecular flexibility index (Phi) is 7.77. The second kappa shape index (κ2) is 10.7. The number of aryl methyl sites for hydroxylation is 1. The van der Waals surface area contributed by atoms with E-state index < -0.39 is 47.6 Å². The maximum absolute atomic E-state index is 13.5. The maximum atomic E-state index is 13.5. The van der Waals surface area contributed by atoms with E-state index in [2.05, 4.69) is 20.9 Å². The summed E-state index contributed by atoms with van der Waals surface area (Å²) in [7, 11) is 1.55. The largest absolute Gasteiger partial charge is 0.450 e. The maximum Gasteiger partial charge on any atom is 0.338 e. The smallest absolute Gasteiger partial charge is 0.338 e. The molecule has 0 saturated carbocycles. The van der Waals surface area contributed by atoms with Crippen molar-refractivity contribution in [2.24, 2.45) is 15.9 Å². The number of methoxy groups -OCH3 is 1. The SMILES string of the molecule is CC/C=C\C(C)(C)O[C@@H]1[C@@H](COC)OC(C2=NNC3C(=O)NC(N)=NN23)[C@]1(C)OC(=O)c1ccc(C)cc1. The number of hydrogen-bond donors (Lipinski definition) is 3. The van der Waals surface area contributed by atoms with E-state index in [-0.39, 0.29) is 18.4 Å². The fourth-order valence-electron chi connectivity index (χ4n) is 4.69. The number of carbonyl (C=O) groups excluding carboxylic acids is 2. The highest BCUT2D eigenvalue weighted by atomic mass is 16.6. The zero-order chi connectivity index (χ0) is 27.7. The van der Waals surface area contributed by atoms with Gasteiger partial charge in [-0.25, -0.2) is 9.80 Å². The number of nitrogens with one attached hydrogen (secondary N) is 2. The molecule has 1 amide bonds. The van der Waals surface area contributed by atoms with E-state index in [4.69, 9.17) is 24.7 Å². The summed E-state index contributed by atoms with van der Waals surface area (Å²) < 4.78 is 24.7. The summed E-state index contributed by atoms with van der Waals surface area (Å²) in [6.07, 6.45) is 1.47. The van der Waals surface area contributed by atoms with Crippen LogP contribution >= 0.6 is 0 Å². The second-order valence-corrected chi connectivity index (χ2v) is 10.2. The van der Waals surface area contributed by atoms with E-state index >= 15 is 0 Å². The topological polar surface area (TPSA) is 149 Å². The second-order valence-electron chi connectivity index (χ2n) is 10.2. The molecule has 1 saturated heterocycles. The molecule has 206 valence electrons. The third-order valence-corrected chi connectivity index (χ3v) is 6.58. The lowest BCUT2D eigenvalue weighted by Gasteiger charge is -2.39. The lowest BCUT2D eigenvalue weighted by molar-refractivity contribution is -0.141. The first-order chi connectivity index (χ1) is 18.0. The van der Waals surface area contributed by atoms with Crippen molar-refractivity contribution in [3.05, 3.63) is 47.5 Å². The predicted molar refractivity (Wildman–Crippen MR) is 140 cm³/mol. The highest BCUT2D eigenvalue weighted by Crippen LogP contribution is 2.41. The number of amides is 1. The monoisotopic (exact) mass is 528 g/mol. The van der Waals surface area contributed by atoms with Crippen LogP contribution in [0.3, 0.4) is 0 Å². The molecule has 1 fully saturated rings. The molecular formula is C26H36N6O6. The number of nitrogens with two attached hydrogens (primary N) is 1. The summed E-state index contributed by atoms with van der Waals surface area (Å²) >= 11 is 0. The Bertz CT molecular complexity index is 1150. The predicted octanol–water partition coefficient (Wildman–Crippen LogP) is 1.36. The summed E-state index contributed by atoms with van der Waals surface area (Å²) in [5, 5.41) is 12.4. The van der Waals surface area contributed by atoms with Gasteiger partial charge in [0.15, 0.2) is 17.5 Å². The molecule has 3 aliphatic rings. The van der Waals surface area contributed by atoms with Gasteiger partial charge >= 0.3 is 5.97 Å². The zero-order valence-corrected chi connectivity index (χ0v) is 22.6. The minimum atomic E-state index is -1.41. The number of esters is 1. The van der Waals surface area contributed by atoms with Crippen molar-refractivity contribution in [3.63, 3.8) is 0 Å². The summed E-state index contributed by atoms with van der Waals surface area (Å²) in [4.78, 5) is 25.9. The number of guanidine groups is 1. The minimum absolute atomic E-state index is 0.0916. The Morgan fingerprint density at radius 3 is 2.68 bits per heavy atom. The molecule has 0 spiro atoms. The molecule has 38 heavy (non-hydrogen) atoms. The van der Waals surface area contributed by atoms with Crippen LogP contribution in [0.1, 0.15) is 50.0 Å². The Morgan fingerprint density at radius 1 is 1.32 bits per heavy atom. The van der Waals surface area contributed by atoms with Gasteiger partial charge < -0.3 is 24.7 Å². The molecule has 3 heterocycles. The molecule has 3 aliphatic heterocycles. The summed E-state index contributed by atoms with van der Waals surface area (Å²) in [6, 6.07) is 7.07. The molecule has 4 rings (SSSR count). The number of allylic oxidation sites excluding steroid dienone is 1. The number of fused-ring (bicyclic) bond motifs is 1. The standard InChI is InChI=1S/C26H36N6O6/c1-7-8-13-25(3,4)37-18-17(14-35-6)36-19(20-29-30-21-22(33)28-24(27)31-32(20)21)26(18,5)38-23(34)16-11-9-15(2)10-12-16/h8-13,17-19,21,30H,7,14H2,1-6H3,(H3,27,28,31,33)/b13-8-/t17-,18-,19?,21?,26-/m1/s1. The zero-order valence-electron chi connectivity index (χ0n) is 22.6. The van der Waals surface area contributed by atoms with Gasteiger partial charge in [-0.3, -0.25) is 15.5 Å². The average Bonchev–Trinajstić information content (AvgIpc) is 3.37. The molecule has 1 aromatic rings. The van der Waals surface area contributed by atoms with Crippen molar-refractivity contribution in [1.82, 2.24) is 15.8 Å². The average molecular weight is 529 g/mol. The van der Waals surface area contributed by atoms with Crippen LogP contribution < -0.4 is 16.5 Å². The molecule has 0 aromatic heterocycles. The van der Waals surface area contributed by atoms with Crippen LogP contribution in [0.4, 0.5) is 0 Å². The van der Waals surface area contributed by atoms with Crippen molar-refractivity contribution in [3.8, 4) is 0 Å². The molecule has 0 bridgehead atoms. The molecule has 1 aromatic carbocycles. The van der Waals surface area contributed by atoms with Gasteiger partial charge in [-0.1, -0.05) is 36.8 Å². The number of nitrogens with zero attached hydrogens (tertiary/aromatic N) is 3. The van der Waals surface area contributed by atoms with Crippen molar-refractivity contribution in [2.75, 3.05) is 13.7 Å². The van der Waals surface area contributed by atoms with Crippen molar-refractivity contribution >= 4 is 23.7 Å². The fraction of sp³-hybridized carbons (Fsp3) is 0.538. The van der Waals surface area contributed by atoms with Crippen LogP contribution in [-0.4, -0.2) is 78.1 Å². The van der Waals surface area contributed by atoms with Gasteiger partial charge in [0.25, 0.3) is 5.91 Å². The van der Waals surface area contributed by atoms with Crippen molar-refractivity contribution in [2.45, 2.75) is 76.7 Å². The number of carbonyl (C=O) groups is 2. The Morgan fingerprint density at radius 2 is 2.03 bits per heavy atom. The van der Waals surface area contributed by atoms with Gasteiger partial charge in [0, 0.05) is 7.11 Å². The van der Waals surface area contributed by atoms with E-state index in [1.165, 1.54) is 5.01 Å². The third-order valence-electron chi connectivity index (χ3n) is 6.58. The number of benzene rings is 1. The molecule has 5 atom stereocenters. The lowest BCUT2D eigenvalue weighted by Crippen LogP contribution is -2.61. The van der Waals surface area contributed by atoms with Crippen LogP contribution in [-0.2, 0) is 23.7 Å². The quantitative estimate of drug-likeness (QED) is 0.319. The van der Waals surface area contributed by atoms with Gasteiger partial charge in [-0.05, 0) is 46.2 Å². The number of ether oxygens (including phenoxy) is 4. The highest BCUT2D eigenvalue weighted by molar-refractivity contribution is 6.05. The molecule has 2 unspecified atom stereocenters. The number of hydrazone groups is 2. The number of hydrogen-bond acceptors (Lipinski definition) is 11. The highest BCUT2D eigenvalue weighted by Gasteiger charge is 2.62. The van der Waals surface area contributed by atoms with E-state index in [0.29, 0.717) is 5.56 Å². The Labute approximate surface area is 222 Å². The van der Waals surface area contributed by atoms with Crippen LogP contribution in [0, 0.1) is 6.92 Å². The summed E-state index contributed by atoms with van der Waals surface area (Å²) in [5.74, 6) is -0.857. The first kappa shape index (κ1) is 27.6. The Hall–Kier alpha value is -3.48. The molecule has 0 radical (unpaired) electrons. The minimum Gasteiger partial charge on any atom is -0.450 e. The first-order valence-corrected chi connectivity index (χ1v) is 12.6. The van der Waals surface area contributed by atoms with Crippen LogP contribution in [0.25, 0.3) is 0 Å². The van der Waals surface area contributed by atoms with Crippen LogP contribution in [0.2, 0.25) is 0 Å². The van der Waals surface area contributed by atoms with E-state index in [1.807, 2.05) is 52.0 Å². The van der Waals surface area contributed by atoms with Gasteiger partial charge in [-0.2, -0.15) is 5.10 Å². The fourth-order valence-corrected chi connectivity index (χ4v) is 4.69. The first-order valence-electron chi connectivity index (χ1n) is 12.6. The number of rotatable bonds is 9. The molecule has 12 nitrogen and oxygen atoms in total. The van der Waals surface area contributed by atoms with E-state index in [9.17, 15) is 9.59 Å². The molecule has 12 heteroatoms.